The summed E-state index contributed by atoms with van der Waals surface area (Å²) in [5.41, 5.74) is 0. The number of hydrogen-bond acceptors (Lipinski definition) is 1. The molecule has 0 aliphatic rings. The van der Waals surface area contributed by atoms with Crippen LogP contribution in [-0.2, 0) is 0 Å². The minimum absolute atomic E-state index is 0.815. The van der Waals surface area contributed by atoms with Crippen LogP contribution in [-0.4, -0.2) is 12.8 Å². The lowest BCUT2D eigenvalue weighted by Crippen LogP contribution is -1.91. The van der Waals surface area contributed by atoms with Crippen molar-refractivity contribution in [3.63, 3.8) is 0 Å². The molecule has 0 N–H and O–H groups in total. The molecule has 0 aromatic rings. The van der Waals surface area contributed by atoms with Crippen LogP contribution in [0.3, 0.4) is 0 Å². The second kappa shape index (κ2) is 2.62. The lowest BCUT2D eigenvalue weighted by molar-refractivity contribution is -0.158. The third kappa shape index (κ3) is 4.39. The largest absolute Gasteiger partial charge is 0.829 e. The Labute approximate surface area is 33.8 Å². The maximum absolute atomic E-state index is 9.96. The van der Waals surface area contributed by atoms with E-state index in [0.717, 1.165) is 6.16 Å². The quantitative estimate of drug-likeness (QED) is 0.428. The van der Waals surface area contributed by atoms with E-state index < -0.39 is 8.15 Å². The first-order valence-corrected chi connectivity index (χ1v) is 3.55. The predicted octanol–water partition coefficient (Wildman–Crippen LogP) is 0.393. The van der Waals surface area contributed by atoms with Crippen LogP contribution in [0, 0.1) is 0 Å². The van der Waals surface area contributed by atoms with Gasteiger partial charge in [-0.25, -0.2) is 8.15 Å². The van der Waals surface area contributed by atoms with Crippen LogP contribution < -0.4 is 4.89 Å². The number of hydrogen-bond donors (Lipinski definition) is 0. The van der Waals surface area contributed by atoms with Crippen molar-refractivity contribution in [1.29, 1.82) is 0 Å². The molecule has 1 atom stereocenters. The molecule has 32 valence electrons. The Morgan fingerprint density at radius 2 is 2.00 bits per heavy atom. The van der Waals surface area contributed by atoms with Gasteiger partial charge in [0.25, 0.3) is 0 Å². The van der Waals surface area contributed by atoms with Gasteiger partial charge in [-0.1, -0.05) is 19.8 Å². The minimum Gasteiger partial charge on any atom is -0.829 e. The molecule has 0 aromatic heterocycles. The molecule has 0 aromatic carbocycles. The summed E-state index contributed by atoms with van der Waals surface area (Å²) in [6.07, 6.45) is 0.815. The average Bonchev–Trinajstić information content (AvgIpc) is 1.38. The van der Waals surface area contributed by atoms with Gasteiger partial charge < -0.3 is 4.89 Å². The molecule has 5 heavy (non-hydrogen) atoms. The summed E-state index contributed by atoms with van der Waals surface area (Å²) in [5.74, 6) is 0. The molecule has 2 heteroatoms. The summed E-state index contributed by atoms with van der Waals surface area (Å²) in [6.45, 7) is 3.65. The highest BCUT2D eigenvalue weighted by molar-refractivity contribution is 7.49. The predicted molar refractivity (Wildman–Crippen MR) is 23.4 cm³/mol. The average molecular weight is 91.1 g/mol. The smallest absolute Gasteiger partial charge is 0.0501 e. The Morgan fingerprint density at radius 1 is 1.80 bits per heavy atom. The Kier molecular flexibility index (Phi) is 2.82. The lowest BCUT2D eigenvalue weighted by atomic mass is 11.0. The van der Waals surface area contributed by atoms with Gasteiger partial charge in [-0.15, -0.1) is 0 Å². The molecule has 0 aliphatic heterocycles. The molecular formula is C3H8OP-. The van der Waals surface area contributed by atoms with Crippen molar-refractivity contribution < 1.29 is 4.89 Å². The van der Waals surface area contributed by atoms with Crippen molar-refractivity contribution in [2.75, 3.05) is 12.8 Å². The van der Waals surface area contributed by atoms with Gasteiger partial charge in [0.05, 0.1) is 0 Å². The van der Waals surface area contributed by atoms with Crippen molar-refractivity contribution in [3.8, 4) is 0 Å². The van der Waals surface area contributed by atoms with Gasteiger partial charge in [0.1, 0.15) is 0 Å². The Hall–Kier alpha value is 0.390. The molecule has 0 fully saturated rings. The summed E-state index contributed by atoms with van der Waals surface area (Å²) in [7, 11) is -0.848. The van der Waals surface area contributed by atoms with Crippen molar-refractivity contribution in [1.82, 2.24) is 0 Å². The molecule has 0 rings (SSSR count). The van der Waals surface area contributed by atoms with E-state index in [-0.39, 0.29) is 0 Å². The summed E-state index contributed by atoms with van der Waals surface area (Å²) >= 11 is 0. The van der Waals surface area contributed by atoms with Gasteiger partial charge in [0, 0.05) is 0 Å². The maximum atomic E-state index is 9.96. The highest BCUT2D eigenvalue weighted by Gasteiger charge is 1.66. The van der Waals surface area contributed by atoms with Crippen molar-refractivity contribution in [3.05, 3.63) is 0 Å². The molecule has 1 nitrogen and oxygen atoms in total. The lowest BCUT2D eigenvalue weighted by Gasteiger charge is -2.11. The Morgan fingerprint density at radius 3 is 2.00 bits per heavy atom. The molecule has 0 radical (unpaired) electrons. The molecule has 0 amide bonds. The van der Waals surface area contributed by atoms with Gasteiger partial charge in [0.15, 0.2) is 0 Å². The first kappa shape index (κ1) is 5.39. The molecule has 1 unspecified atom stereocenters. The summed E-state index contributed by atoms with van der Waals surface area (Å²) in [4.78, 5) is 9.96. The summed E-state index contributed by atoms with van der Waals surface area (Å²) in [5, 5.41) is 0. The van der Waals surface area contributed by atoms with Crippen LogP contribution in [0.5, 0.6) is 0 Å². The number of rotatable bonds is 1. The summed E-state index contributed by atoms with van der Waals surface area (Å²) < 4.78 is 0. The SMILES string of the molecule is CCP(C)[O-]. The van der Waals surface area contributed by atoms with Gasteiger partial charge in [-0.2, -0.15) is 0 Å². The molecule has 0 saturated carbocycles. The zero-order chi connectivity index (χ0) is 4.28. The van der Waals surface area contributed by atoms with Crippen LogP contribution in [0.25, 0.3) is 0 Å². The topological polar surface area (TPSA) is 23.1 Å². The van der Waals surface area contributed by atoms with Gasteiger partial charge in [-0.05, 0) is 0 Å². The van der Waals surface area contributed by atoms with Crippen LogP contribution in [0.2, 0.25) is 0 Å². The van der Waals surface area contributed by atoms with Crippen LogP contribution in [0.15, 0.2) is 0 Å². The second-order valence-corrected chi connectivity index (χ2v) is 2.83. The first-order valence-electron chi connectivity index (χ1n) is 1.65. The molecule has 0 aliphatic carbocycles. The van der Waals surface area contributed by atoms with Crippen molar-refractivity contribution in [2.45, 2.75) is 6.92 Å². The third-order valence-corrected chi connectivity index (χ3v) is 1.34. The molecule has 0 saturated heterocycles. The van der Waals surface area contributed by atoms with Gasteiger partial charge in [-0.3, -0.25) is 0 Å². The van der Waals surface area contributed by atoms with Crippen molar-refractivity contribution in [2.24, 2.45) is 0 Å². The monoisotopic (exact) mass is 91.0 g/mol. The normalized spacial score (nSPS) is 15.0. The Balaban J connectivity index is 2.54. The van der Waals surface area contributed by atoms with E-state index >= 15 is 0 Å². The van der Waals surface area contributed by atoms with Crippen LogP contribution in [0.4, 0.5) is 0 Å². The zero-order valence-corrected chi connectivity index (χ0v) is 4.46. The van der Waals surface area contributed by atoms with E-state index in [9.17, 15) is 4.89 Å². The van der Waals surface area contributed by atoms with E-state index in [1.165, 1.54) is 0 Å². The van der Waals surface area contributed by atoms with Gasteiger partial charge >= 0.3 is 0 Å². The summed E-state index contributed by atoms with van der Waals surface area (Å²) in [6, 6.07) is 0. The van der Waals surface area contributed by atoms with Crippen molar-refractivity contribution >= 4 is 8.15 Å². The minimum atomic E-state index is -0.848. The van der Waals surface area contributed by atoms with E-state index in [0.29, 0.717) is 0 Å². The highest BCUT2D eigenvalue weighted by atomic mass is 31.1. The third-order valence-electron chi connectivity index (χ3n) is 0.445. The maximum Gasteiger partial charge on any atom is -0.0501 e. The first-order chi connectivity index (χ1) is 2.27. The fourth-order valence-electron chi connectivity index (χ4n) is 0. The standard InChI is InChI=1S/C3H8OP/c1-3-5(2)4/h3H2,1-2H3/q-1. The van der Waals surface area contributed by atoms with Crippen LogP contribution in [0.1, 0.15) is 6.92 Å². The zero-order valence-electron chi connectivity index (χ0n) is 3.56. The molecule has 0 spiro atoms. The van der Waals surface area contributed by atoms with Gasteiger partial charge in [0.2, 0.25) is 0 Å². The second-order valence-electron chi connectivity index (χ2n) is 0.944. The van der Waals surface area contributed by atoms with E-state index in [2.05, 4.69) is 0 Å². The fourth-order valence-corrected chi connectivity index (χ4v) is 0. The fraction of sp³-hybridized carbons (Fsp3) is 1.00. The molecule has 0 bridgehead atoms. The van der Waals surface area contributed by atoms with E-state index in [1.807, 2.05) is 6.92 Å². The Bertz CT molecular complexity index is 20.9. The highest BCUT2D eigenvalue weighted by Crippen LogP contribution is 2.14. The van der Waals surface area contributed by atoms with E-state index in [1.54, 1.807) is 6.66 Å². The molecular weight excluding hydrogens is 83.0 g/mol. The molecule has 0 heterocycles. The van der Waals surface area contributed by atoms with E-state index in [4.69, 9.17) is 0 Å². The van der Waals surface area contributed by atoms with Crippen LogP contribution >= 0.6 is 8.15 Å².